The first-order valence-electron chi connectivity index (χ1n) is 2.53. The molecule has 0 fully saturated rings. The summed E-state index contributed by atoms with van der Waals surface area (Å²) in [5.41, 5.74) is 1.18. The number of benzene rings is 1. The van der Waals surface area contributed by atoms with Gasteiger partial charge in [-0.05, 0) is 5.56 Å². The fourth-order valence-corrected chi connectivity index (χ4v) is 0.745. The van der Waals surface area contributed by atoms with Crippen molar-refractivity contribution in [2.24, 2.45) is 0 Å². The van der Waals surface area contributed by atoms with Gasteiger partial charge in [0.25, 0.3) is 0 Å². The molecule has 0 aliphatic rings. The van der Waals surface area contributed by atoms with Crippen LogP contribution < -0.4 is 0 Å². The van der Waals surface area contributed by atoms with Gasteiger partial charge in [0.1, 0.15) is 0 Å². The van der Waals surface area contributed by atoms with Crippen molar-refractivity contribution in [3.63, 3.8) is 0 Å². The molecule has 0 atom stereocenters. The van der Waals surface area contributed by atoms with Crippen LogP contribution >= 0.6 is 11.6 Å². The Balaban J connectivity index is 0.000000640. The van der Waals surface area contributed by atoms with E-state index in [0.717, 1.165) is 0 Å². The number of halogens is 2. The summed E-state index contributed by atoms with van der Waals surface area (Å²) in [4.78, 5) is 0. The van der Waals surface area contributed by atoms with Gasteiger partial charge in [-0.2, -0.15) is 0 Å². The second-order valence-corrected chi connectivity index (χ2v) is 1.89. The molecule has 0 saturated heterocycles. The molecule has 0 nitrogen and oxygen atoms in total. The Bertz CT molecular complexity index is 150. The average Bonchev–Trinajstić information content (AvgIpc) is 1.90. The molecule has 0 bridgehead atoms. The van der Waals surface area contributed by atoms with Crippen LogP contribution in [0.1, 0.15) is 5.56 Å². The molecule has 0 unspecified atom stereocenters. The molecule has 1 aromatic carbocycles. The zero-order chi connectivity index (χ0) is 5.82. The summed E-state index contributed by atoms with van der Waals surface area (Å²) in [6, 6.07) is 9.96. The van der Waals surface area contributed by atoms with Crippen LogP contribution in [0.4, 0.5) is 4.70 Å². The van der Waals surface area contributed by atoms with Crippen LogP contribution in [0.2, 0.25) is 0 Å². The average molecular weight is 147 g/mol. The molecule has 0 radical (unpaired) electrons. The molecule has 0 amide bonds. The number of alkyl halides is 1. The Morgan fingerprint density at radius 1 is 1.11 bits per heavy atom. The van der Waals surface area contributed by atoms with Crippen LogP contribution in [0.5, 0.6) is 0 Å². The van der Waals surface area contributed by atoms with E-state index in [1.165, 1.54) is 5.56 Å². The zero-order valence-electron chi connectivity index (χ0n) is 4.88. The van der Waals surface area contributed by atoms with Gasteiger partial charge in [0, 0.05) is 5.88 Å². The van der Waals surface area contributed by atoms with Gasteiger partial charge in [-0.15, -0.1) is 11.6 Å². The van der Waals surface area contributed by atoms with Gasteiger partial charge in [0.05, 0.1) is 0 Å². The summed E-state index contributed by atoms with van der Waals surface area (Å²) in [5, 5.41) is 0. The molecule has 0 N–H and O–H groups in total. The third-order valence-electron chi connectivity index (χ3n) is 0.997. The van der Waals surface area contributed by atoms with E-state index in [1.54, 1.807) is 0 Å². The van der Waals surface area contributed by atoms with Gasteiger partial charge < -0.3 is 0 Å². The molecule has 1 aromatic rings. The topological polar surface area (TPSA) is 0 Å². The lowest BCUT2D eigenvalue weighted by molar-refractivity contribution is 1.11. The van der Waals surface area contributed by atoms with E-state index < -0.39 is 0 Å². The Hall–Kier alpha value is -0.560. The van der Waals surface area contributed by atoms with E-state index in [2.05, 4.69) is 0 Å². The molecule has 9 heavy (non-hydrogen) atoms. The number of hydrogen-bond acceptors (Lipinski definition) is 0. The van der Waals surface area contributed by atoms with Crippen LogP contribution in [0.3, 0.4) is 0 Å². The number of rotatable bonds is 1. The van der Waals surface area contributed by atoms with Gasteiger partial charge in [0.15, 0.2) is 0 Å². The Kier molecular flexibility index (Phi) is 4.06. The fraction of sp³-hybridized carbons (Fsp3) is 0.143. The van der Waals surface area contributed by atoms with E-state index in [9.17, 15) is 0 Å². The Labute approximate surface area is 58.8 Å². The first-order chi connectivity index (χ1) is 3.93. The van der Waals surface area contributed by atoms with Crippen molar-refractivity contribution >= 4 is 11.6 Å². The molecule has 1 rings (SSSR count). The van der Waals surface area contributed by atoms with Crippen molar-refractivity contribution in [3.05, 3.63) is 35.9 Å². The lowest BCUT2D eigenvalue weighted by atomic mass is 10.2. The summed E-state index contributed by atoms with van der Waals surface area (Å²) < 4.78 is 0. The lowest BCUT2D eigenvalue weighted by Crippen LogP contribution is -1.71. The Morgan fingerprint density at radius 2 is 1.67 bits per heavy atom. The highest BCUT2D eigenvalue weighted by atomic mass is 35.5. The van der Waals surface area contributed by atoms with Gasteiger partial charge in [-0.3, -0.25) is 4.70 Å². The highest BCUT2D eigenvalue weighted by Gasteiger charge is 1.81. The minimum Gasteiger partial charge on any atom is -0.269 e. The maximum Gasteiger partial charge on any atom is 0.0474 e. The predicted octanol–water partition coefficient (Wildman–Crippen LogP) is 2.58. The van der Waals surface area contributed by atoms with Crippen molar-refractivity contribution in [2.45, 2.75) is 5.88 Å². The number of hydrogen-bond donors (Lipinski definition) is 0. The van der Waals surface area contributed by atoms with Gasteiger partial charge >= 0.3 is 0 Å². The van der Waals surface area contributed by atoms with Crippen LogP contribution in [-0.2, 0) is 5.88 Å². The first kappa shape index (κ1) is 8.44. The van der Waals surface area contributed by atoms with Crippen LogP contribution in [0, 0.1) is 0 Å². The molecule has 0 aliphatic carbocycles. The van der Waals surface area contributed by atoms with Crippen molar-refractivity contribution in [3.8, 4) is 0 Å². The SMILES string of the molecule is ClCc1ccccc1.F. The Morgan fingerprint density at radius 3 is 2.00 bits per heavy atom. The van der Waals surface area contributed by atoms with E-state index in [1.807, 2.05) is 30.3 Å². The molecule has 0 aliphatic heterocycles. The summed E-state index contributed by atoms with van der Waals surface area (Å²) in [6.45, 7) is 0. The standard InChI is InChI=1S/C7H7Cl.FH/c8-6-7-4-2-1-3-5-7;/h1-5H,6H2;1H. The summed E-state index contributed by atoms with van der Waals surface area (Å²) in [5.74, 6) is 0.612. The van der Waals surface area contributed by atoms with Crippen molar-refractivity contribution < 1.29 is 4.70 Å². The summed E-state index contributed by atoms with van der Waals surface area (Å²) in [7, 11) is 0. The third kappa shape index (κ3) is 2.47. The quantitative estimate of drug-likeness (QED) is 0.535. The molecule has 2 heteroatoms. The molecule has 0 heterocycles. The summed E-state index contributed by atoms with van der Waals surface area (Å²) in [6.07, 6.45) is 0. The van der Waals surface area contributed by atoms with Crippen LogP contribution in [0.15, 0.2) is 30.3 Å². The monoisotopic (exact) mass is 146 g/mol. The fourth-order valence-electron chi connectivity index (χ4n) is 0.567. The smallest absolute Gasteiger partial charge is 0.0474 e. The highest BCUT2D eigenvalue weighted by molar-refractivity contribution is 6.17. The minimum absolute atomic E-state index is 0. The van der Waals surface area contributed by atoms with Gasteiger partial charge in [-0.1, -0.05) is 30.3 Å². The van der Waals surface area contributed by atoms with Gasteiger partial charge in [0.2, 0.25) is 0 Å². The molecule has 0 spiro atoms. The maximum atomic E-state index is 5.53. The van der Waals surface area contributed by atoms with E-state index >= 15 is 0 Å². The second kappa shape index (κ2) is 4.33. The second-order valence-electron chi connectivity index (χ2n) is 1.62. The third-order valence-corrected chi connectivity index (χ3v) is 1.31. The largest absolute Gasteiger partial charge is 0.269 e. The van der Waals surface area contributed by atoms with Crippen molar-refractivity contribution in [2.75, 3.05) is 0 Å². The first-order valence-corrected chi connectivity index (χ1v) is 3.07. The van der Waals surface area contributed by atoms with Crippen LogP contribution in [0.25, 0.3) is 0 Å². The summed E-state index contributed by atoms with van der Waals surface area (Å²) >= 11 is 5.53. The van der Waals surface area contributed by atoms with E-state index in [-0.39, 0.29) is 4.70 Å². The lowest BCUT2D eigenvalue weighted by Gasteiger charge is -1.88. The van der Waals surface area contributed by atoms with E-state index in [0.29, 0.717) is 5.88 Å². The molecule has 0 aromatic heterocycles. The molecule has 0 saturated carbocycles. The minimum atomic E-state index is 0. The molecule has 50 valence electrons. The van der Waals surface area contributed by atoms with E-state index in [4.69, 9.17) is 11.6 Å². The molecular weight excluding hydrogens is 139 g/mol. The van der Waals surface area contributed by atoms with Crippen LogP contribution in [-0.4, -0.2) is 0 Å². The van der Waals surface area contributed by atoms with Crippen molar-refractivity contribution in [1.29, 1.82) is 0 Å². The predicted molar refractivity (Wildman–Crippen MR) is 38.5 cm³/mol. The van der Waals surface area contributed by atoms with Gasteiger partial charge in [-0.25, -0.2) is 0 Å². The highest BCUT2D eigenvalue weighted by Crippen LogP contribution is 2.00. The maximum absolute atomic E-state index is 5.53. The normalized spacial score (nSPS) is 8.11. The molecular formula is C7H8ClF. The van der Waals surface area contributed by atoms with Crippen molar-refractivity contribution in [1.82, 2.24) is 0 Å². The zero-order valence-corrected chi connectivity index (χ0v) is 5.64.